The Hall–Kier alpha value is -2.65. The van der Waals surface area contributed by atoms with Crippen LogP contribution in [-0.4, -0.2) is 53.0 Å². The van der Waals surface area contributed by atoms with Crippen molar-refractivity contribution in [1.82, 2.24) is 14.9 Å². The molecule has 0 spiro atoms. The molecule has 0 aliphatic carbocycles. The van der Waals surface area contributed by atoms with Gasteiger partial charge in [0.1, 0.15) is 34.3 Å². The van der Waals surface area contributed by atoms with E-state index in [0.717, 1.165) is 28.2 Å². The molecule has 1 atom stereocenters. The molecule has 2 aromatic heterocycles. The number of hydrogen-bond donors (Lipinski definition) is 1. The highest BCUT2D eigenvalue weighted by Crippen LogP contribution is 2.27. The maximum atomic E-state index is 13.8. The summed E-state index contributed by atoms with van der Waals surface area (Å²) in [7, 11) is 0. The highest BCUT2D eigenvalue weighted by Gasteiger charge is 2.27. The van der Waals surface area contributed by atoms with E-state index in [1.54, 1.807) is 24.6 Å². The summed E-state index contributed by atoms with van der Waals surface area (Å²) in [5.41, 5.74) is -0.404. The maximum Gasteiger partial charge on any atom is 0.241 e. The number of piperazine rings is 1. The van der Waals surface area contributed by atoms with E-state index in [1.807, 2.05) is 16.3 Å². The lowest BCUT2D eigenvalue weighted by molar-refractivity contribution is -0.120. The van der Waals surface area contributed by atoms with Crippen LogP contribution in [0.5, 0.6) is 0 Å². The van der Waals surface area contributed by atoms with E-state index in [0.29, 0.717) is 26.2 Å². The van der Waals surface area contributed by atoms with Gasteiger partial charge in [0.25, 0.3) is 0 Å². The van der Waals surface area contributed by atoms with Gasteiger partial charge in [-0.15, -0.1) is 11.3 Å². The SMILES string of the molecule is CC(C(=O)Nc1c(F)cccc1F)N1CCN(c2ncnc3sccc23)CC1. The van der Waals surface area contributed by atoms with Crippen LogP contribution in [0.2, 0.25) is 0 Å². The van der Waals surface area contributed by atoms with Crippen molar-refractivity contribution in [2.45, 2.75) is 13.0 Å². The van der Waals surface area contributed by atoms with Gasteiger partial charge in [-0.3, -0.25) is 9.69 Å². The van der Waals surface area contributed by atoms with E-state index >= 15 is 0 Å². The Morgan fingerprint density at radius 3 is 2.57 bits per heavy atom. The molecule has 1 aliphatic heterocycles. The topological polar surface area (TPSA) is 61.4 Å². The number of para-hydroxylation sites is 1. The highest BCUT2D eigenvalue weighted by atomic mass is 32.1. The summed E-state index contributed by atoms with van der Waals surface area (Å²) in [6.07, 6.45) is 1.57. The van der Waals surface area contributed by atoms with Crippen molar-refractivity contribution in [2.75, 3.05) is 36.4 Å². The van der Waals surface area contributed by atoms with Crippen LogP contribution < -0.4 is 10.2 Å². The third-order valence-electron chi connectivity index (χ3n) is 4.99. The number of halogens is 2. The molecule has 9 heteroatoms. The van der Waals surface area contributed by atoms with Crippen LogP contribution >= 0.6 is 11.3 Å². The summed E-state index contributed by atoms with van der Waals surface area (Å²) in [6, 6.07) is 5.01. The number of carbonyl (C=O) groups is 1. The largest absolute Gasteiger partial charge is 0.353 e. The van der Waals surface area contributed by atoms with Gasteiger partial charge in [0, 0.05) is 26.2 Å². The summed E-state index contributed by atoms with van der Waals surface area (Å²) >= 11 is 1.58. The highest BCUT2D eigenvalue weighted by molar-refractivity contribution is 7.16. The third kappa shape index (κ3) is 3.55. The zero-order valence-corrected chi connectivity index (χ0v) is 16.0. The number of amides is 1. The zero-order valence-electron chi connectivity index (χ0n) is 15.2. The first kappa shape index (κ1) is 18.7. The van der Waals surface area contributed by atoms with Gasteiger partial charge in [-0.05, 0) is 30.5 Å². The summed E-state index contributed by atoms with van der Waals surface area (Å²) in [4.78, 5) is 26.3. The Labute approximate surface area is 164 Å². The van der Waals surface area contributed by atoms with Crippen LogP contribution in [-0.2, 0) is 4.79 Å². The normalized spacial score (nSPS) is 16.3. The monoisotopic (exact) mass is 403 g/mol. The van der Waals surface area contributed by atoms with Gasteiger partial charge in [-0.1, -0.05) is 6.07 Å². The molecule has 6 nitrogen and oxygen atoms in total. The summed E-state index contributed by atoms with van der Waals surface area (Å²) < 4.78 is 27.5. The van der Waals surface area contributed by atoms with E-state index in [1.165, 1.54) is 6.07 Å². The number of aromatic nitrogens is 2. The first-order valence-electron chi connectivity index (χ1n) is 8.96. The molecule has 28 heavy (non-hydrogen) atoms. The summed E-state index contributed by atoms with van der Waals surface area (Å²) in [5, 5.41) is 5.40. The molecule has 1 saturated heterocycles. The van der Waals surface area contributed by atoms with Crippen LogP contribution in [0.15, 0.2) is 36.0 Å². The maximum absolute atomic E-state index is 13.8. The quantitative estimate of drug-likeness (QED) is 0.725. The second kappa shape index (κ2) is 7.76. The van der Waals surface area contributed by atoms with Gasteiger partial charge in [-0.2, -0.15) is 0 Å². The molecule has 3 heterocycles. The summed E-state index contributed by atoms with van der Waals surface area (Å²) in [5.74, 6) is -1.10. The van der Waals surface area contributed by atoms with Crippen molar-refractivity contribution in [3.8, 4) is 0 Å². The van der Waals surface area contributed by atoms with E-state index in [9.17, 15) is 13.6 Å². The average Bonchev–Trinajstić information content (AvgIpc) is 3.19. The predicted molar refractivity (Wildman–Crippen MR) is 106 cm³/mol. The molecular weight excluding hydrogens is 384 g/mol. The molecule has 0 saturated carbocycles. The van der Waals surface area contributed by atoms with Gasteiger partial charge in [0.2, 0.25) is 5.91 Å². The molecule has 1 fully saturated rings. The number of anilines is 2. The first-order chi connectivity index (χ1) is 13.5. The molecule has 0 bridgehead atoms. The minimum atomic E-state index is -0.783. The minimum absolute atomic E-state index is 0.404. The second-order valence-electron chi connectivity index (χ2n) is 6.62. The number of carbonyl (C=O) groups excluding carboxylic acids is 1. The zero-order chi connectivity index (χ0) is 19.7. The fraction of sp³-hybridized carbons (Fsp3) is 0.316. The van der Waals surface area contributed by atoms with Crippen molar-refractivity contribution < 1.29 is 13.6 Å². The minimum Gasteiger partial charge on any atom is -0.353 e. The number of rotatable bonds is 4. The lowest BCUT2D eigenvalue weighted by atomic mass is 10.2. The van der Waals surface area contributed by atoms with Crippen LogP contribution in [0.25, 0.3) is 10.2 Å². The van der Waals surface area contributed by atoms with Gasteiger partial charge in [0.05, 0.1) is 11.4 Å². The van der Waals surface area contributed by atoms with Gasteiger partial charge < -0.3 is 10.2 Å². The second-order valence-corrected chi connectivity index (χ2v) is 7.52. The fourth-order valence-electron chi connectivity index (χ4n) is 3.36. The first-order valence-corrected chi connectivity index (χ1v) is 9.84. The lowest BCUT2D eigenvalue weighted by Gasteiger charge is -2.38. The molecule has 146 valence electrons. The Morgan fingerprint density at radius 2 is 1.86 bits per heavy atom. The Morgan fingerprint density at radius 1 is 1.14 bits per heavy atom. The van der Waals surface area contributed by atoms with Gasteiger partial charge >= 0.3 is 0 Å². The Kier molecular flexibility index (Phi) is 5.19. The molecule has 1 N–H and O–H groups in total. The van der Waals surface area contributed by atoms with Crippen LogP contribution in [0.4, 0.5) is 20.3 Å². The average molecular weight is 403 g/mol. The molecule has 3 aromatic rings. The third-order valence-corrected chi connectivity index (χ3v) is 5.81. The Bertz CT molecular complexity index is 983. The molecule has 0 radical (unpaired) electrons. The lowest BCUT2D eigenvalue weighted by Crippen LogP contribution is -2.53. The molecule has 1 amide bonds. The van der Waals surface area contributed by atoms with Crippen molar-refractivity contribution in [3.05, 3.63) is 47.6 Å². The molecule has 1 aliphatic rings. The fourth-order valence-corrected chi connectivity index (χ4v) is 4.09. The van der Waals surface area contributed by atoms with Gasteiger partial charge in [0.15, 0.2) is 0 Å². The molecule has 1 unspecified atom stereocenters. The van der Waals surface area contributed by atoms with Crippen LogP contribution in [0.3, 0.4) is 0 Å². The number of thiophene rings is 1. The number of fused-ring (bicyclic) bond motifs is 1. The molecule has 4 rings (SSSR count). The van der Waals surface area contributed by atoms with Crippen molar-refractivity contribution >= 4 is 39.0 Å². The Balaban J connectivity index is 1.40. The van der Waals surface area contributed by atoms with E-state index in [-0.39, 0.29) is 0 Å². The predicted octanol–water partition coefficient (Wildman–Crippen LogP) is 3.12. The smallest absolute Gasteiger partial charge is 0.241 e. The van der Waals surface area contributed by atoms with Crippen molar-refractivity contribution in [2.24, 2.45) is 0 Å². The standard InChI is InChI=1S/C19H19F2N5OS/c1-12(18(27)24-16-14(20)3-2-4-15(16)21)25-6-8-26(9-7-25)17-13-5-10-28-19(13)23-11-22-17/h2-5,10-12H,6-9H2,1H3,(H,24,27). The van der Waals surface area contributed by atoms with Crippen molar-refractivity contribution in [1.29, 1.82) is 0 Å². The van der Waals surface area contributed by atoms with Crippen LogP contribution in [0, 0.1) is 11.6 Å². The van der Waals surface area contributed by atoms with E-state index in [2.05, 4.69) is 20.2 Å². The summed E-state index contributed by atoms with van der Waals surface area (Å²) in [6.45, 7) is 4.43. The van der Waals surface area contributed by atoms with Crippen LogP contribution in [0.1, 0.15) is 6.92 Å². The molecular formula is C19H19F2N5OS. The number of hydrogen-bond acceptors (Lipinski definition) is 6. The number of nitrogens with one attached hydrogen (secondary N) is 1. The van der Waals surface area contributed by atoms with Gasteiger partial charge in [-0.25, -0.2) is 18.7 Å². The number of benzene rings is 1. The van der Waals surface area contributed by atoms with Crippen molar-refractivity contribution in [3.63, 3.8) is 0 Å². The van der Waals surface area contributed by atoms with E-state index in [4.69, 9.17) is 0 Å². The number of nitrogens with zero attached hydrogens (tertiary/aromatic N) is 4. The molecule has 1 aromatic carbocycles. The van der Waals surface area contributed by atoms with E-state index < -0.39 is 29.3 Å².